The van der Waals surface area contributed by atoms with Crippen LogP contribution in [0.5, 0.6) is 0 Å². The molecule has 2 rings (SSSR count). The second-order valence-electron chi connectivity index (χ2n) is 4.17. The van der Waals surface area contributed by atoms with Crippen LogP contribution in [0.3, 0.4) is 0 Å². The molecule has 0 spiro atoms. The van der Waals surface area contributed by atoms with Gasteiger partial charge in [0, 0.05) is 0 Å². The molecule has 20 heavy (non-hydrogen) atoms. The van der Waals surface area contributed by atoms with Crippen LogP contribution >= 0.6 is 11.6 Å². The van der Waals surface area contributed by atoms with Crippen LogP contribution in [0.4, 0.5) is 10.5 Å². The lowest BCUT2D eigenvalue weighted by molar-refractivity contribution is -0.142. The number of hydrogen-bond donors (Lipinski definition) is 0. The maximum Gasteiger partial charge on any atom is 0.415 e. The van der Waals surface area contributed by atoms with E-state index in [9.17, 15) is 9.59 Å². The summed E-state index contributed by atoms with van der Waals surface area (Å²) >= 11 is 6.07. The highest BCUT2D eigenvalue weighted by atomic mass is 35.5. The molecule has 1 aliphatic heterocycles. The molecule has 104 valence electrons. The van der Waals surface area contributed by atoms with Gasteiger partial charge in [-0.15, -0.1) is 0 Å². The molecule has 0 aliphatic carbocycles. The third-order valence-electron chi connectivity index (χ3n) is 3.08. The summed E-state index contributed by atoms with van der Waals surface area (Å²) in [6.45, 7) is 1.58. The maximum absolute atomic E-state index is 11.8. The molecule has 0 aromatic heterocycles. The fourth-order valence-electron chi connectivity index (χ4n) is 2.02. The summed E-state index contributed by atoms with van der Waals surface area (Å²) in [4.78, 5) is 24.7. The number of carbonyl (C=O) groups excluding carboxylic acids is 2. The van der Waals surface area contributed by atoms with Gasteiger partial charge in [0.1, 0.15) is 12.7 Å². The Bertz CT molecular complexity index is 624. The first kappa shape index (κ1) is 14.2. The van der Waals surface area contributed by atoms with E-state index in [0.717, 1.165) is 0 Å². The molecule has 0 radical (unpaired) electrons. The predicted molar refractivity (Wildman–Crippen MR) is 70.5 cm³/mol. The second kappa shape index (κ2) is 5.39. The first-order chi connectivity index (χ1) is 9.51. The van der Waals surface area contributed by atoms with E-state index in [1.807, 2.05) is 6.07 Å². The SMILES string of the molecule is COC(=O)[C@H]1COC(=O)N1c1ccc(C#N)c(Cl)c1C. The van der Waals surface area contributed by atoms with E-state index in [-0.39, 0.29) is 11.6 Å². The number of methoxy groups -OCH3 is 1. The van der Waals surface area contributed by atoms with Crippen LogP contribution in [-0.4, -0.2) is 31.8 Å². The van der Waals surface area contributed by atoms with Crippen LogP contribution in [0.2, 0.25) is 5.02 Å². The number of esters is 1. The summed E-state index contributed by atoms with van der Waals surface area (Å²) in [5.74, 6) is -0.573. The number of rotatable bonds is 2. The van der Waals surface area contributed by atoms with Crippen LogP contribution in [-0.2, 0) is 14.3 Å². The fourth-order valence-corrected chi connectivity index (χ4v) is 2.22. The van der Waals surface area contributed by atoms with E-state index >= 15 is 0 Å². The number of halogens is 1. The van der Waals surface area contributed by atoms with Crippen LogP contribution in [0, 0.1) is 18.3 Å². The summed E-state index contributed by atoms with van der Waals surface area (Å²) < 4.78 is 9.54. The number of nitrogens with zero attached hydrogens (tertiary/aromatic N) is 2. The average molecular weight is 295 g/mol. The smallest absolute Gasteiger partial charge is 0.415 e. The van der Waals surface area contributed by atoms with Crippen LogP contribution in [0.15, 0.2) is 12.1 Å². The van der Waals surface area contributed by atoms with Crippen molar-refractivity contribution >= 4 is 29.4 Å². The van der Waals surface area contributed by atoms with Crippen molar-refractivity contribution in [3.63, 3.8) is 0 Å². The number of amides is 1. The van der Waals surface area contributed by atoms with Gasteiger partial charge in [-0.2, -0.15) is 5.26 Å². The van der Waals surface area contributed by atoms with Gasteiger partial charge in [0.05, 0.1) is 23.4 Å². The Morgan fingerprint density at radius 1 is 1.60 bits per heavy atom. The summed E-state index contributed by atoms with van der Waals surface area (Å²) in [6, 6.07) is 4.15. The lowest BCUT2D eigenvalue weighted by Gasteiger charge is -2.22. The Hall–Kier alpha value is -2.26. The maximum atomic E-state index is 11.8. The number of hydrogen-bond acceptors (Lipinski definition) is 5. The van der Waals surface area contributed by atoms with E-state index < -0.39 is 18.1 Å². The van der Waals surface area contributed by atoms with Gasteiger partial charge in [-0.3, -0.25) is 4.90 Å². The van der Waals surface area contributed by atoms with Crippen molar-refractivity contribution in [2.45, 2.75) is 13.0 Å². The Morgan fingerprint density at radius 3 is 2.90 bits per heavy atom. The third-order valence-corrected chi connectivity index (χ3v) is 3.57. The zero-order chi connectivity index (χ0) is 14.9. The Balaban J connectivity index is 2.49. The summed E-state index contributed by atoms with van der Waals surface area (Å²) in [5, 5.41) is 9.16. The quantitative estimate of drug-likeness (QED) is 0.780. The number of ether oxygens (including phenoxy) is 2. The van der Waals surface area contributed by atoms with E-state index in [0.29, 0.717) is 16.8 Å². The lowest BCUT2D eigenvalue weighted by atomic mass is 10.1. The molecular weight excluding hydrogens is 284 g/mol. The molecule has 1 aromatic carbocycles. The Labute approximate surface area is 120 Å². The molecule has 7 heteroatoms. The molecule has 1 fully saturated rings. The Morgan fingerprint density at radius 2 is 2.30 bits per heavy atom. The topological polar surface area (TPSA) is 79.6 Å². The van der Waals surface area contributed by atoms with Crippen molar-refractivity contribution in [1.82, 2.24) is 0 Å². The number of benzene rings is 1. The van der Waals surface area contributed by atoms with Gasteiger partial charge >= 0.3 is 12.1 Å². The molecule has 1 heterocycles. The first-order valence-corrected chi connectivity index (χ1v) is 6.12. The third kappa shape index (κ3) is 2.17. The van der Waals surface area contributed by atoms with Gasteiger partial charge in [0.25, 0.3) is 0 Å². The van der Waals surface area contributed by atoms with Crippen molar-refractivity contribution in [2.75, 3.05) is 18.6 Å². The van der Waals surface area contributed by atoms with Crippen molar-refractivity contribution in [2.24, 2.45) is 0 Å². The van der Waals surface area contributed by atoms with Crippen LogP contribution in [0.1, 0.15) is 11.1 Å². The second-order valence-corrected chi connectivity index (χ2v) is 4.55. The number of nitriles is 1. The van der Waals surface area contributed by atoms with E-state index in [1.165, 1.54) is 18.1 Å². The van der Waals surface area contributed by atoms with Crippen LogP contribution < -0.4 is 4.90 Å². The van der Waals surface area contributed by atoms with Crippen molar-refractivity contribution < 1.29 is 19.1 Å². The molecule has 1 aliphatic rings. The average Bonchev–Trinajstić information content (AvgIpc) is 2.83. The summed E-state index contributed by atoms with van der Waals surface area (Å²) in [5.41, 5.74) is 1.25. The van der Waals surface area contributed by atoms with Crippen molar-refractivity contribution in [3.8, 4) is 6.07 Å². The largest absolute Gasteiger partial charge is 0.467 e. The number of cyclic esters (lactones) is 1. The molecule has 0 N–H and O–H groups in total. The zero-order valence-electron chi connectivity index (χ0n) is 10.8. The number of carbonyl (C=O) groups is 2. The standard InChI is InChI=1S/C13H11ClN2O4/c1-7-9(4-3-8(5-15)11(7)14)16-10(12(17)19-2)6-20-13(16)18/h3-4,10H,6H2,1-2H3/t10-/m1/s1. The lowest BCUT2D eigenvalue weighted by Crippen LogP contribution is -2.40. The molecule has 0 unspecified atom stereocenters. The molecule has 0 bridgehead atoms. The molecule has 1 saturated heterocycles. The minimum absolute atomic E-state index is 0.0808. The van der Waals surface area contributed by atoms with E-state index in [1.54, 1.807) is 13.0 Å². The monoisotopic (exact) mass is 294 g/mol. The van der Waals surface area contributed by atoms with Crippen molar-refractivity contribution in [1.29, 1.82) is 5.26 Å². The van der Waals surface area contributed by atoms with Crippen LogP contribution in [0.25, 0.3) is 0 Å². The predicted octanol–water partition coefficient (Wildman–Crippen LogP) is 2.02. The summed E-state index contributed by atoms with van der Waals surface area (Å²) in [6.07, 6.45) is -0.649. The molecule has 1 amide bonds. The minimum Gasteiger partial charge on any atom is -0.467 e. The van der Waals surface area contributed by atoms with Gasteiger partial charge in [0.2, 0.25) is 0 Å². The molecular formula is C13H11ClN2O4. The van der Waals surface area contributed by atoms with Crippen molar-refractivity contribution in [3.05, 3.63) is 28.3 Å². The zero-order valence-corrected chi connectivity index (χ0v) is 11.6. The molecule has 0 saturated carbocycles. The molecule has 1 aromatic rings. The highest BCUT2D eigenvalue weighted by Crippen LogP contribution is 2.33. The Kier molecular flexibility index (Phi) is 3.81. The number of anilines is 1. The highest BCUT2D eigenvalue weighted by Gasteiger charge is 2.40. The highest BCUT2D eigenvalue weighted by molar-refractivity contribution is 6.33. The van der Waals surface area contributed by atoms with E-state index in [2.05, 4.69) is 4.74 Å². The van der Waals surface area contributed by atoms with Gasteiger partial charge in [-0.25, -0.2) is 9.59 Å². The first-order valence-electron chi connectivity index (χ1n) is 5.74. The van der Waals surface area contributed by atoms with Gasteiger partial charge in [-0.05, 0) is 24.6 Å². The fraction of sp³-hybridized carbons (Fsp3) is 0.308. The summed E-state index contributed by atoms with van der Waals surface area (Å²) in [7, 11) is 1.24. The normalized spacial score (nSPS) is 17.6. The van der Waals surface area contributed by atoms with Gasteiger partial charge in [0.15, 0.2) is 6.04 Å². The molecule has 1 atom stereocenters. The van der Waals surface area contributed by atoms with Gasteiger partial charge < -0.3 is 9.47 Å². The van der Waals surface area contributed by atoms with Gasteiger partial charge in [-0.1, -0.05) is 11.6 Å². The molecule has 6 nitrogen and oxygen atoms in total. The minimum atomic E-state index is -0.852. The van der Waals surface area contributed by atoms with E-state index in [4.69, 9.17) is 21.6 Å².